The number of halogens is 1. The lowest BCUT2D eigenvalue weighted by atomic mass is 9.78. The fraction of sp³-hybridized carbons (Fsp3) is 0.667. The fourth-order valence-electron chi connectivity index (χ4n) is 1.54. The third-order valence-electron chi connectivity index (χ3n) is 2.65. The molecule has 4 heteroatoms. The van der Waals surface area contributed by atoms with E-state index in [2.05, 4.69) is 39.8 Å². The van der Waals surface area contributed by atoms with Crippen molar-refractivity contribution in [3.05, 3.63) is 14.1 Å². The second kappa shape index (κ2) is 3.82. The molecule has 13 heavy (non-hydrogen) atoms. The second-order valence-corrected chi connectivity index (χ2v) is 6.84. The molecule has 0 saturated heterocycles. The first-order valence-electron chi connectivity index (χ1n) is 4.53. The maximum atomic E-state index is 4.33. The summed E-state index contributed by atoms with van der Waals surface area (Å²) < 4.78 is 1.27. The standard InChI is InChI=1S/C9H13IN2S/c1-9(3-2-4-9)12-6-8-11-5-7(10)13-8/h5,12H,2-4,6H2,1H3. The highest BCUT2D eigenvalue weighted by Gasteiger charge is 2.30. The quantitative estimate of drug-likeness (QED) is 0.869. The van der Waals surface area contributed by atoms with E-state index in [0.29, 0.717) is 5.54 Å². The van der Waals surface area contributed by atoms with Gasteiger partial charge in [-0.25, -0.2) is 4.98 Å². The van der Waals surface area contributed by atoms with Gasteiger partial charge in [-0.3, -0.25) is 0 Å². The first-order valence-corrected chi connectivity index (χ1v) is 6.43. The Morgan fingerprint density at radius 2 is 2.46 bits per heavy atom. The summed E-state index contributed by atoms with van der Waals surface area (Å²) in [5, 5.41) is 4.78. The SMILES string of the molecule is CC1(NCc2ncc(I)s2)CCC1. The van der Waals surface area contributed by atoms with E-state index in [9.17, 15) is 0 Å². The monoisotopic (exact) mass is 308 g/mol. The van der Waals surface area contributed by atoms with Gasteiger partial charge >= 0.3 is 0 Å². The fourth-order valence-corrected chi connectivity index (χ4v) is 3.02. The van der Waals surface area contributed by atoms with Crippen LogP contribution in [0, 0.1) is 2.88 Å². The molecule has 1 aromatic rings. The van der Waals surface area contributed by atoms with E-state index in [0.717, 1.165) is 6.54 Å². The molecule has 1 heterocycles. The molecule has 72 valence electrons. The van der Waals surface area contributed by atoms with Gasteiger partial charge in [-0.2, -0.15) is 0 Å². The molecule has 1 aliphatic carbocycles. The van der Waals surface area contributed by atoms with Gasteiger partial charge in [-0.1, -0.05) is 0 Å². The Labute approximate surface area is 96.3 Å². The Hall–Kier alpha value is 0.320. The Morgan fingerprint density at radius 1 is 1.69 bits per heavy atom. The minimum absolute atomic E-state index is 0.400. The van der Waals surface area contributed by atoms with Crippen molar-refractivity contribution in [1.29, 1.82) is 0 Å². The highest BCUT2D eigenvalue weighted by Crippen LogP contribution is 2.31. The van der Waals surface area contributed by atoms with E-state index < -0.39 is 0 Å². The van der Waals surface area contributed by atoms with Crippen LogP contribution in [0.15, 0.2) is 6.20 Å². The topological polar surface area (TPSA) is 24.9 Å². The summed E-state index contributed by atoms with van der Waals surface area (Å²) >= 11 is 4.09. The van der Waals surface area contributed by atoms with E-state index in [1.54, 1.807) is 11.3 Å². The number of nitrogens with one attached hydrogen (secondary N) is 1. The highest BCUT2D eigenvalue weighted by molar-refractivity contribution is 14.1. The van der Waals surface area contributed by atoms with E-state index in [1.165, 1.54) is 27.2 Å². The number of hydrogen-bond acceptors (Lipinski definition) is 3. The Kier molecular flexibility index (Phi) is 2.90. The smallest absolute Gasteiger partial charge is 0.107 e. The predicted molar refractivity (Wildman–Crippen MR) is 63.9 cm³/mol. The largest absolute Gasteiger partial charge is 0.305 e. The van der Waals surface area contributed by atoms with Crippen molar-refractivity contribution in [3.63, 3.8) is 0 Å². The zero-order chi connectivity index (χ0) is 9.31. The van der Waals surface area contributed by atoms with E-state index in [1.807, 2.05) is 6.20 Å². The third-order valence-corrected chi connectivity index (χ3v) is 4.37. The molecule has 0 bridgehead atoms. The molecule has 1 aliphatic rings. The van der Waals surface area contributed by atoms with Crippen LogP contribution in [0.2, 0.25) is 0 Å². The highest BCUT2D eigenvalue weighted by atomic mass is 127. The summed E-state index contributed by atoms with van der Waals surface area (Å²) in [6.07, 6.45) is 5.94. The van der Waals surface area contributed by atoms with Crippen LogP contribution in [0.4, 0.5) is 0 Å². The molecule has 2 rings (SSSR count). The lowest BCUT2D eigenvalue weighted by Crippen LogP contribution is -2.47. The molecular formula is C9H13IN2S. The third kappa shape index (κ3) is 2.41. The van der Waals surface area contributed by atoms with Gasteiger partial charge in [0.25, 0.3) is 0 Å². The van der Waals surface area contributed by atoms with Gasteiger partial charge < -0.3 is 5.32 Å². The molecule has 0 spiro atoms. The van der Waals surface area contributed by atoms with Gasteiger partial charge in [0, 0.05) is 12.1 Å². The van der Waals surface area contributed by atoms with E-state index in [-0.39, 0.29) is 0 Å². The zero-order valence-electron chi connectivity index (χ0n) is 7.64. The Morgan fingerprint density at radius 3 is 2.92 bits per heavy atom. The Balaban J connectivity index is 1.85. The van der Waals surface area contributed by atoms with Gasteiger partial charge in [-0.05, 0) is 48.8 Å². The van der Waals surface area contributed by atoms with Crippen LogP contribution in [0.5, 0.6) is 0 Å². The van der Waals surface area contributed by atoms with Gasteiger partial charge in [-0.15, -0.1) is 11.3 Å². The van der Waals surface area contributed by atoms with Crippen LogP contribution in [0.3, 0.4) is 0 Å². The molecule has 1 aromatic heterocycles. The molecule has 0 atom stereocenters. The van der Waals surface area contributed by atoms with Crippen molar-refractivity contribution in [3.8, 4) is 0 Å². The molecule has 0 aliphatic heterocycles. The summed E-state index contributed by atoms with van der Waals surface area (Å²) in [5.41, 5.74) is 0.400. The van der Waals surface area contributed by atoms with Crippen LogP contribution in [-0.4, -0.2) is 10.5 Å². The molecule has 0 amide bonds. The van der Waals surface area contributed by atoms with Crippen molar-refractivity contribution >= 4 is 33.9 Å². The number of aromatic nitrogens is 1. The van der Waals surface area contributed by atoms with Crippen LogP contribution in [0.1, 0.15) is 31.2 Å². The summed E-state index contributed by atoms with van der Waals surface area (Å²) in [6.45, 7) is 3.24. The zero-order valence-corrected chi connectivity index (χ0v) is 10.6. The van der Waals surface area contributed by atoms with Crippen LogP contribution >= 0.6 is 33.9 Å². The van der Waals surface area contributed by atoms with Crippen molar-refractivity contribution < 1.29 is 0 Å². The van der Waals surface area contributed by atoms with Crippen LogP contribution in [-0.2, 0) is 6.54 Å². The summed E-state index contributed by atoms with van der Waals surface area (Å²) in [4.78, 5) is 4.33. The maximum absolute atomic E-state index is 4.33. The van der Waals surface area contributed by atoms with Gasteiger partial charge in [0.15, 0.2) is 0 Å². The number of hydrogen-bond donors (Lipinski definition) is 1. The summed E-state index contributed by atoms with van der Waals surface area (Å²) in [5.74, 6) is 0. The predicted octanol–water partition coefficient (Wildman–Crippen LogP) is 2.78. The molecule has 0 aromatic carbocycles. The number of rotatable bonds is 3. The normalized spacial score (nSPS) is 19.8. The lowest BCUT2D eigenvalue weighted by molar-refractivity contribution is 0.207. The van der Waals surface area contributed by atoms with E-state index >= 15 is 0 Å². The number of thiazole rings is 1. The van der Waals surface area contributed by atoms with Crippen molar-refractivity contribution in [1.82, 2.24) is 10.3 Å². The molecule has 2 nitrogen and oxygen atoms in total. The van der Waals surface area contributed by atoms with Gasteiger partial charge in [0.1, 0.15) is 5.01 Å². The second-order valence-electron chi connectivity index (χ2n) is 3.83. The molecule has 1 saturated carbocycles. The van der Waals surface area contributed by atoms with Crippen molar-refractivity contribution in [2.24, 2.45) is 0 Å². The summed E-state index contributed by atoms with van der Waals surface area (Å²) in [6, 6.07) is 0. The van der Waals surface area contributed by atoms with Crippen LogP contribution < -0.4 is 5.32 Å². The van der Waals surface area contributed by atoms with Crippen LogP contribution in [0.25, 0.3) is 0 Å². The maximum Gasteiger partial charge on any atom is 0.107 e. The average molecular weight is 308 g/mol. The van der Waals surface area contributed by atoms with Gasteiger partial charge in [0.05, 0.1) is 9.08 Å². The molecular weight excluding hydrogens is 295 g/mol. The van der Waals surface area contributed by atoms with E-state index in [4.69, 9.17) is 0 Å². The van der Waals surface area contributed by atoms with Gasteiger partial charge in [0.2, 0.25) is 0 Å². The minimum Gasteiger partial charge on any atom is -0.305 e. The molecule has 0 unspecified atom stereocenters. The van der Waals surface area contributed by atoms with Crippen molar-refractivity contribution in [2.45, 2.75) is 38.3 Å². The first-order chi connectivity index (χ1) is 6.18. The number of nitrogens with zero attached hydrogens (tertiary/aromatic N) is 1. The summed E-state index contributed by atoms with van der Waals surface area (Å²) in [7, 11) is 0. The minimum atomic E-state index is 0.400. The molecule has 1 N–H and O–H groups in total. The first kappa shape index (κ1) is 9.86. The lowest BCUT2D eigenvalue weighted by Gasteiger charge is -2.39. The van der Waals surface area contributed by atoms with Crippen molar-refractivity contribution in [2.75, 3.05) is 0 Å². The average Bonchev–Trinajstić information content (AvgIpc) is 2.44. The molecule has 1 fully saturated rings. The molecule has 0 radical (unpaired) electrons. The Bertz CT molecular complexity index is 294.